The van der Waals surface area contributed by atoms with Gasteiger partial charge in [0.2, 0.25) is 0 Å². The second-order valence-corrected chi connectivity index (χ2v) is 5.10. The molecule has 0 bridgehead atoms. The van der Waals surface area contributed by atoms with E-state index in [9.17, 15) is 0 Å². The first-order chi connectivity index (χ1) is 11.3. The first kappa shape index (κ1) is 14.8. The zero-order valence-electron chi connectivity index (χ0n) is 12.9. The lowest BCUT2D eigenvalue weighted by Gasteiger charge is -2.10. The highest BCUT2D eigenvalue weighted by Crippen LogP contribution is 2.24. The van der Waals surface area contributed by atoms with Crippen molar-refractivity contribution in [3.63, 3.8) is 0 Å². The largest absolute Gasteiger partial charge is 0.495 e. The van der Waals surface area contributed by atoms with Gasteiger partial charge in [0.15, 0.2) is 0 Å². The summed E-state index contributed by atoms with van der Waals surface area (Å²) in [6.07, 6.45) is 5.20. The van der Waals surface area contributed by atoms with Gasteiger partial charge in [-0.1, -0.05) is 18.2 Å². The number of ether oxygens (including phenoxy) is 1. The number of aromatic nitrogens is 2. The van der Waals surface area contributed by atoms with E-state index in [1.807, 2.05) is 30.5 Å². The molecule has 0 spiro atoms. The van der Waals surface area contributed by atoms with Crippen LogP contribution in [0.25, 0.3) is 11.1 Å². The number of hydrogen-bond acceptors (Lipinski definition) is 5. The van der Waals surface area contributed by atoms with Crippen LogP contribution < -0.4 is 15.8 Å². The maximum Gasteiger partial charge on any atom is 0.146 e. The van der Waals surface area contributed by atoms with Crippen molar-refractivity contribution < 1.29 is 4.74 Å². The zero-order valence-corrected chi connectivity index (χ0v) is 12.9. The number of rotatable bonds is 5. The Bertz CT molecular complexity index is 804. The van der Waals surface area contributed by atoms with Crippen molar-refractivity contribution in [1.82, 2.24) is 9.97 Å². The molecule has 0 amide bonds. The Hall–Kier alpha value is -3.08. The van der Waals surface area contributed by atoms with Crippen LogP contribution in [0.4, 0.5) is 11.5 Å². The second kappa shape index (κ2) is 6.79. The third-order valence-electron chi connectivity index (χ3n) is 3.53. The molecule has 2 aromatic heterocycles. The number of nitrogens with two attached hydrogens (primary N) is 1. The summed E-state index contributed by atoms with van der Waals surface area (Å²) in [7, 11) is 1.64. The van der Waals surface area contributed by atoms with Crippen LogP contribution in [-0.2, 0) is 6.54 Å². The zero-order chi connectivity index (χ0) is 16.1. The van der Waals surface area contributed by atoms with E-state index in [0.29, 0.717) is 12.4 Å². The van der Waals surface area contributed by atoms with Crippen molar-refractivity contribution in [3.8, 4) is 16.9 Å². The summed E-state index contributed by atoms with van der Waals surface area (Å²) in [5, 5.41) is 3.30. The van der Waals surface area contributed by atoms with Gasteiger partial charge in [-0.3, -0.25) is 4.98 Å². The van der Waals surface area contributed by atoms with E-state index in [1.54, 1.807) is 19.5 Å². The molecule has 2 heterocycles. The number of nitrogens with one attached hydrogen (secondary N) is 1. The lowest BCUT2D eigenvalue weighted by molar-refractivity contribution is 0.413. The van der Waals surface area contributed by atoms with Crippen LogP contribution in [0.3, 0.4) is 0 Å². The minimum atomic E-state index is 0.501. The normalized spacial score (nSPS) is 10.3. The van der Waals surface area contributed by atoms with Gasteiger partial charge in [0.25, 0.3) is 0 Å². The van der Waals surface area contributed by atoms with Gasteiger partial charge in [-0.2, -0.15) is 0 Å². The lowest BCUT2D eigenvalue weighted by Crippen LogP contribution is -2.03. The van der Waals surface area contributed by atoms with Gasteiger partial charge in [0.05, 0.1) is 19.0 Å². The molecule has 3 aromatic rings. The Kier molecular flexibility index (Phi) is 4.38. The molecule has 3 rings (SSSR count). The van der Waals surface area contributed by atoms with Gasteiger partial charge in [0.1, 0.15) is 11.6 Å². The average Bonchev–Trinajstić information content (AvgIpc) is 2.61. The van der Waals surface area contributed by atoms with Gasteiger partial charge < -0.3 is 15.8 Å². The highest BCUT2D eigenvalue weighted by molar-refractivity contribution is 5.65. The molecule has 116 valence electrons. The van der Waals surface area contributed by atoms with E-state index in [-0.39, 0.29) is 0 Å². The van der Waals surface area contributed by atoms with E-state index in [0.717, 1.165) is 28.1 Å². The topological polar surface area (TPSA) is 73.1 Å². The van der Waals surface area contributed by atoms with Crippen molar-refractivity contribution in [3.05, 3.63) is 66.6 Å². The van der Waals surface area contributed by atoms with Gasteiger partial charge >= 0.3 is 0 Å². The molecule has 0 atom stereocenters. The summed E-state index contributed by atoms with van der Waals surface area (Å²) >= 11 is 0. The molecule has 3 N–H and O–H groups in total. The summed E-state index contributed by atoms with van der Waals surface area (Å²) in [6, 6.07) is 14.0. The molecular weight excluding hydrogens is 288 g/mol. The minimum Gasteiger partial charge on any atom is -0.495 e. The minimum absolute atomic E-state index is 0.501. The van der Waals surface area contributed by atoms with E-state index < -0.39 is 0 Å². The van der Waals surface area contributed by atoms with E-state index in [4.69, 9.17) is 10.5 Å². The van der Waals surface area contributed by atoms with Crippen molar-refractivity contribution in [1.29, 1.82) is 0 Å². The van der Waals surface area contributed by atoms with Crippen LogP contribution >= 0.6 is 0 Å². The van der Waals surface area contributed by atoms with Gasteiger partial charge in [-0.25, -0.2) is 4.98 Å². The highest BCUT2D eigenvalue weighted by Gasteiger charge is 2.03. The molecule has 1 aromatic carbocycles. The number of nitrogen functional groups attached to an aromatic ring is 1. The Labute approximate surface area is 135 Å². The predicted octanol–water partition coefficient (Wildman–Crippen LogP) is 3.35. The molecule has 0 saturated heterocycles. The molecule has 5 heteroatoms. The van der Waals surface area contributed by atoms with Gasteiger partial charge in [0, 0.05) is 24.5 Å². The van der Waals surface area contributed by atoms with Crippen molar-refractivity contribution in [2.45, 2.75) is 6.54 Å². The molecular formula is C18H18N4O. The Morgan fingerprint density at radius 3 is 2.83 bits per heavy atom. The quantitative estimate of drug-likeness (QED) is 0.756. The predicted molar refractivity (Wildman–Crippen MR) is 92.2 cm³/mol. The van der Waals surface area contributed by atoms with Crippen LogP contribution in [0.2, 0.25) is 0 Å². The van der Waals surface area contributed by atoms with Gasteiger partial charge in [-0.15, -0.1) is 0 Å². The van der Waals surface area contributed by atoms with Crippen LogP contribution in [0.15, 0.2) is 61.1 Å². The summed E-state index contributed by atoms with van der Waals surface area (Å²) in [5.41, 5.74) is 9.94. The standard InChI is InChI=1S/C18H18N4O/c1-23-16-9-15(11-20-12-16)14-5-2-4-13(8-14)10-22-17-6-3-7-21-18(17)19/h2-9,11-12,22H,10H2,1H3,(H2,19,21). The number of methoxy groups -OCH3 is 1. The molecule has 0 aliphatic carbocycles. The van der Waals surface area contributed by atoms with Crippen molar-refractivity contribution in [2.24, 2.45) is 0 Å². The Morgan fingerprint density at radius 2 is 2.00 bits per heavy atom. The number of nitrogens with zero attached hydrogens (tertiary/aromatic N) is 2. The van der Waals surface area contributed by atoms with Crippen LogP contribution in [0, 0.1) is 0 Å². The van der Waals surface area contributed by atoms with E-state index in [2.05, 4.69) is 33.5 Å². The first-order valence-corrected chi connectivity index (χ1v) is 7.29. The summed E-state index contributed by atoms with van der Waals surface area (Å²) < 4.78 is 5.23. The Balaban J connectivity index is 1.78. The maximum atomic E-state index is 5.84. The fraction of sp³-hybridized carbons (Fsp3) is 0.111. The van der Waals surface area contributed by atoms with E-state index >= 15 is 0 Å². The summed E-state index contributed by atoms with van der Waals surface area (Å²) in [6.45, 7) is 0.668. The third-order valence-corrected chi connectivity index (χ3v) is 3.53. The fourth-order valence-electron chi connectivity index (χ4n) is 2.31. The van der Waals surface area contributed by atoms with E-state index in [1.165, 1.54) is 0 Å². The number of anilines is 2. The fourth-order valence-corrected chi connectivity index (χ4v) is 2.31. The van der Waals surface area contributed by atoms with Crippen LogP contribution in [-0.4, -0.2) is 17.1 Å². The molecule has 0 fully saturated rings. The second-order valence-electron chi connectivity index (χ2n) is 5.10. The smallest absolute Gasteiger partial charge is 0.146 e. The van der Waals surface area contributed by atoms with Crippen molar-refractivity contribution in [2.75, 3.05) is 18.2 Å². The molecule has 5 nitrogen and oxygen atoms in total. The van der Waals surface area contributed by atoms with Gasteiger partial charge in [-0.05, 0) is 35.4 Å². The number of hydrogen-bond donors (Lipinski definition) is 2. The third kappa shape index (κ3) is 3.58. The van der Waals surface area contributed by atoms with Crippen LogP contribution in [0.5, 0.6) is 5.75 Å². The first-order valence-electron chi connectivity index (χ1n) is 7.29. The number of benzene rings is 1. The molecule has 0 unspecified atom stereocenters. The average molecular weight is 306 g/mol. The monoisotopic (exact) mass is 306 g/mol. The molecule has 0 aliphatic heterocycles. The summed E-state index contributed by atoms with van der Waals surface area (Å²) in [5.74, 6) is 1.25. The molecule has 0 radical (unpaired) electrons. The summed E-state index contributed by atoms with van der Waals surface area (Å²) in [4.78, 5) is 8.27. The molecule has 23 heavy (non-hydrogen) atoms. The molecule has 0 saturated carbocycles. The SMILES string of the molecule is COc1cncc(-c2cccc(CNc3cccnc3N)c2)c1. The maximum absolute atomic E-state index is 5.84. The van der Waals surface area contributed by atoms with Crippen molar-refractivity contribution >= 4 is 11.5 Å². The Morgan fingerprint density at radius 1 is 1.09 bits per heavy atom. The molecule has 0 aliphatic rings. The number of pyridine rings is 2. The van der Waals surface area contributed by atoms with Crippen LogP contribution in [0.1, 0.15) is 5.56 Å². The lowest BCUT2D eigenvalue weighted by atomic mass is 10.0. The highest BCUT2D eigenvalue weighted by atomic mass is 16.5.